The Morgan fingerprint density at radius 3 is 2.56 bits per heavy atom. The number of nitrogens with one attached hydrogen (secondary N) is 1. The van der Waals surface area contributed by atoms with E-state index < -0.39 is 0 Å². The molecule has 0 aromatic heterocycles. The van der Waals surface area contributed by atoms with E-state index in [1.165, 1.54) is 0 Å². The average molecular weight is 314 g/mol. The van der Waals surface area contributed by atoms with Crippen LogP contribution in [-0.2, 0) is 0 Å². The first-order chi connectivity index (χ1) is 8.42. The monoisotopic (exact) mass is 313 g/mol. The summed E-state index contributed by atoms with van der Waals surface area (Å²) >= 11 is 3.38. The van der Waals surface area contributed by atoms with Crippen LogP contribution in [0.4, 0.5) is 0 Å². The number of amides is 1. The Morgan fingerprint density at radius 2 is 2.06 bits per heavy atom. The Morgan fingerprint density at radius 1 is 1.39 bits per heavy atom. The molecule has 1 aromatic carbocycles. The molecule has 0 heterocycles. The molecule has 0 aliphatic carbocycles. The lowest BCUT2D eigenvalue weighted by molar-refractivity contribution is 0.0908. The first kappa shape index (κ1) is 15.2. The molecule has 100 valence electrons. The highest BCUT2D eigenvalue weighted by Gasteiger charge is 2.14. The maximum Gasteiger partial charge on any atom is 0.251 e. The van der Waals surface area contributed by atoms with E-state index in [2.05, 4.69) is 35.1 Å². The number of aliphatic hydroxyl groups is 1. The first-order valence-electron chi connectivity index (χ1n) is 6.11. The van der Waals surface area contributed by atoms with Crippen LogP contribution in [0.15, 0.2) is 22.7 Å². The van der Waals surface area contributed by atoms with Crippen LogP contribution in [0, 0.1) is 12.8 Å². The second-order valence-corrected chi connectivity index (χ2v) is 5.92. The molecule has 0 radical (unpaired) electrons. The maximum atomic E-state index is 12.1. The summed E-state index contributed by atoms with van der Waals surface area (Å²) in [7, 11) is 0. The Balaban J connectivity index is 2.74. The average Bonchev–Trinajstić information content (AvgIpc) is 2.26. The molecule has 18 heavy (non-hydrogen) atoms. The maximum absolute atomic E-state index is 12.1. The third kappa shape index (κ3) is 4.78. The van der Waals surface area contributed by atoms with Crippen molar-refractivity contribution < 1.29 is 9.90 Å². The third-order valence-corrected chi connectivity index (χ3v) is 3.07. The van der Waals surface area contributed by atoms with Crippen LogP contribution < -0.4 is 5.32 Å². The van der Waals surface area contributed by atoms with Crippen molar-refractivity contribution in [2.45, 2.75) is 33.2 Å². The summed E-state index contributed by atoms with van der Waals surface area (Å²) in [6.07, 6.45) is 0.773. The van der Waals surface area contributed by atoms with E-state index in [9.17, 15) is 9.90 Å². The zero-order valence-electron chi connectivity index (χ0n) is 11.0. The fourth-order valence-electron chi connectivity index (χ4n) is 1.88. The van der Waals surface area contributed by atoms with Gasteiger partial charge in [0, 0.05) is 10.0 Å². The number of benzene rings is 1. The van der Waals surface area contributed by atoms with Crippen LogP contribution >= 0.6 is 15.9 Å². The minimum atomic E-state index is -0.184. The second-order valence-electron chi connectivity index (χ2n) is 5.00. The van der Waals surface area contributed by atoms with Gasteiger partial charge in [-0.3, -0.25) is 4.79 Å². The van der Waals surface area contributed by atoms with Crippen molar-refractivity contribution in [2.24, 2.45) is 5.92 Å². The number of hydrogen-bond acceptors (Lipinski definition) is 2. The quantitative estimate of drug-likeness (QED) is 0.878. The normalized spacial score (nSPS) is 12.6. The first-order valence-corrected chi connectivity index (χ1v) is 6.90. The number of rotatable bonds is 5. The molecule has 1 rings (SSSR count). The summed E-state index contributed by atoms with van der Waals surface area (Å²) in [5.41, 5.74) is 1.64. The number of carbonyl (C=O) groups is 1. The van der Waals surface area contributed by atoms with Gasteiger partial charge in [0.1, 0.15) is 0 Å². The number of aryl methyl sites for hydroxylation is 1. The molecule has 4 heteroatoms. The molecular weight excluding hydrogens is 294 g/mol. The minimum absolute atomic E-state index is 0.0308. The molecule has 0 fully saturated rings. The lowest BCUT2D eigenvalue weighted by Crippen LogP contribution is -2.38. The molecule has 0 aliphatic rings. The van der Waals surface area contributed by atoms with Crippen molar-refractivity contribution in [2.75, 3.05) is 6.61 Å². The van der Waals surface area contributed by atoms with Crippen LogP contribution in [0.5, 0.6) is 0 Å². The number of carbonyl (C=O) groups excluding carboxylic acids is 1. The van der Waals surface area contributed by atoms with Crippen LogP contribution in [0.2, 0.25) is 0 Å². The predicted octanol–water partition coefficient (Wildman–Crippen LogP) is 2.89. The van der Waals surface area contributed by atoms with Gasteiger partial charge in [0.25, 0.3) is 5.91 Å². The topological polar surface area (TPSA) is 49.3 Å². The van der Waals surface area contributed by atoms with Crippen molar-refractivity contribution in [1.82, 2.24) is 5.32 Å². The smallest absolute Gasteiger partial charge is 0.251 e. The van der Waals surface area contributed by atoms with Gasteiger partial charge in [-0.1, -0.05) is 29.8 Å². The Hall–Kier alpha value is -0.870. The highest BCUT2D eigenvalue weighted by atomic mass is 79.9. The molecular formula is C14H20BrNO2. The summed E-state index contributed by atoms with van der Waals surface area (Å²) in [5.74, 6) is 0.297. The molecule has 1 unspecified atom stereocenters. The van der Waals surface area contributed by atoms with Crippen molar-refractivity contribution in [3.8, 4) is 0 Å². The molecule has 1 atom stereocenters. The van der Waals surface area contributed by atoms with Gasteiger partial charge < -0.3 is 10.4 Å². The number of aliphatic hydroxyl groups excluding tert-OH is 1. The molecule has 1 amide bonds. The molecule has 2 N–H and O–H groups in total. The Bertz CT molecular complexity index is 398. The number of halogens is 1. The van der Waals surface area contributed by atoms with Crippen LogP contribution in [0.25, 0.3) is 0 Å². The van der Waals surface area contributed by atoms with Crippen molar-refractivity contribution in [3.05, 3.63) is 33.8 Å². The van der Waals surface area contributed by atoms with Gasteiger partial charge in [0.05, 0.1) is 12.6 Å². The third-order valence-electron chi connectivity index (χ3n) is 2.62. The highest BCUT2D eigenvalue weighted by Crippen LogP contribution is 2.15. The standard InChI is InChI=1S/C14H20BrNO2/c1-9(2)4-13(8-17)16-14(18)11-5-10(3)6-12(15)7-11/h5-7,9,13,17H,4,8H2,1-3H3,(H,16,18). The van der Waals surface area contributed by atoms with Crippen LogP contribution in [0.3, 0.4) is 0 Å². The minimum Gasteiger partial charge on any atom is -0.394 e. The van der Waals surface area contributed by atoms with Gasteiger partial charge >= 0.3 is 0 Å². The lowest BCUT2D eigenvalue weighted by Gasteiger charge is -2.18. The predicted molar refractivity (Wildman–Crippen MR) is 76.7 cm³/mol. The molecule has 0 saturated carbocycles. The Kier molecular flexibility index (Phi) is 5.82. The van der Waals surface area contributed by atoms with E-state index in [4.69, 9.17) is 0 Å². The van der Waals surface area contributed by atoms with E-state index >= 15 is 0 Å². The van der Waals surface area contributed by atoms with E-state index in [1.54, 1.807) is 6.07 Å². The zero-order chi connectivity index (χ0) is 13.7. The van der Waals surface area contributed by atoms with Crippen molar-refractivity contribution >= 4 is 21.8 Å². The summed E-state index contributed by atoms with van der Waals surface area (Å²) in [6.45, 7) is 6.05. The molecule has 3 nitrogen and oxygen atoms in total. The van der Waals surface area contributed by atoms with E-state index in [0.29, 0.717) is 11.5 Å². The van der Waals surface area contributed by atoms with E-state index in [-0.39, 0.29) is 18.6 Å². The van der Waals surface area contributed by atoms with Crippen molar-refractivity contribution in [1.29, 1.82) is 0 Å². The SMILES string of the molecule is Cc1cc(Br)cc(C(=O)NC(CO)CC(C)C)c1. The van der Waals surface area contributed by atoms with Gasteiger partial charge in [-0.05, 0) is 43.0 Å². The van der Waals surface area contributed by atoms with E-state index in [0.717, 1.165) is 16.5 Å². The van der Waals surface area contributed by atoms with Gasteiger partial charge in [0.15, 0.2) is 0 Å². The van der Waals surface area contributed by atoms with Crippen LogP contribution in [0.1, 0.15) is 36.2 Å². The van der Waals surface area contributed by atoms with Gasteiger partial charge in [-0.2, -0.15) is 0 Å². The van der Waals surface area contributed by atoms with Gasteiger partial charge in [-0.15, -0.1) is 0 Å². The fourth-order valence-corrected chi connectivity index (χ4v) is 2.49. The summed E-state index contributed by atoms with van der Waals surface area (Å²) in [6, 6.07) is 5.39. The Labute approximate surface area is 117 Å². The van der Waals surface area contributed by atoms with Crippen molar-refractivity contribution in [3.63, 3.8) is 0 Å². The van der Waals surface area contributed by atoms with Gasteiger partial charge in [-0.25, -0.2) is 0 Å². The summed E-state index contributed by atoms with van der Waals surface area (Å²) in [4.78, 5) is 12.1. The summed E-state index contributed by atoms with van der Waals surface area (Å²) < 4.78 is 0.886. The van der Waals surface area contributed by atoms with Gasteiger partial charge in [0.2, 0.25) is 0 Å². The highest BCUT2D eigenvalue weighted by molar-refractivity contribution is 9.10. The molecule has 0 aliphatic heterocycles. The largest absolute Gasteiger partial charge is 0.394 e. The van der Waals surface area contributed by atoms with E-state index in [1.807, 2.05) is 19.1 Å². The number of hydrogen-bond donors (Lipinski definition) is 2. The summed E-state index contributed by atoms with van der Waals surface area (Å²) in [5, 5.41) is 12.1. The van der Waals surface area contributed by atoms with Crippen LogP contribution in [-0.4, -0.2) is 23.7 Å². The molecule has 1 aromatic rings. The molecule has 0 spiro atoms. The zero-order valence-corrected chi connectivity index (χ0v) is 12.6. The fraction of sp³-hybridized carbons (Fsp3) is 0.500. The molecule has 0 saturated heterocycles. The second kappa shape index (κ2) is 6.90. The molecule has 0 bridgehead atoms. The lowest BCUT2D eigenvalue weighted by atomic mass is 10.0.